The van der Waals surface area contributed by atoms with Crippen LogP contribution in [0, 0.1) is 19.8 Å². The summed E-state index contributed by atoms with van der Waals surface area (Å²) in [4.78, 5) is 22.1. The van der Waals surface area contributed by atoms with Crippen molar-refractivity contribution in [2.45, 2.75) is 26.7 Å². The third-order valence-corrected chi connectivity index (χ3v) is 4.62. The fourth-order valence-corrected chi connectivity index (χ4v) is 3.40. The summed E-state index contributed by atoms with van der Waals surface area (Å²) in [7, 11) is 3.68. The van der Waals surface area contributed by atoms with E-state index in [1.807, 2.05) is 13.8 Å². The average molecular weight is 342 g/mol. The number of ether oxygens (including phenoxy) is 1. The third kappa shape index (κ3) is 4.15. The maximum Gasteiger partial charge on any atom is 0.257 e. The van der Waals surface area contributed by atoms with Crippen molar-refractivity contribution in [1.82, 2.24) is 19.9 Å². The smallest absolute Gasteiger partial charge is 0.257 e. The molecule has 0 aromatic carbocycles. The lowest BCUT2D eigenvalue weighted by Gasteiger charge is -2.35. The molecule has 3 rings (SSSR count). The summed E-state index contributed by atoms with van der Waals surface area (Å²) >= 11 is 0. The quantitative estimate of drug-likeness (QED) is 0.825. The number of aromatic nitrogens is 4. The Bertz CT molecular complexity index is 694. The molecule has 7 heteroatoms. The highest BCUT2D eigenvalue weighted by Gasteiger charge is 2.23. The van der Waals surface area contributed by atoms with E-state index in [9.17, 15) is 0 Å². The summed E-state index contributed by atoms with van der Waals surface area (Å²) in [6, 6.07) is 2.07. The number of anilines is 2. The maximum absolute atomic E-state index is 5.32. The van der Waals surface area contributed by atoms with Gasteiger partial charge >= 0.3 is 0 Å². The van der Waals surface area contributed by atoms with Gasteiger partial charge < -0.3 is 14.5 Å². The highest BCUT2D eigenvalue weighted by atomic mass is 16.5. The Morgan fingerprint density at radius 2 is 1.88 bits per heavy atom. The molecule has 2 aromatic heterocycles. The zero-order valence-electron chi connectivity index (χ0n) is 15.4. The van der Waals surface area contributed by atoms with Crippen molar-refractivity contribution in [2.75, 3.05) is 43.6 Å². The van der Waals surface area contributed by atoms with Crippen LogP contribution in [-0.4, -0.2) is 53.7 Å². The number of hydrogen-bond donors (Lipinski definition) is 0. The topological polar surface area (TPSA) is 67.3 Å². The molecule has 3 heterocycles. The van der Waals surface area contributed by atoms with E-state index in [1.165, 1.54) is 0 Å². The van der Waals surface area contributed by atoms with Crippen molar-refractivity contribution in [3.63, 3.8) is 0 Å². The summed E-state index contributed by atoms with van der Waals surface area (Å²) in [5, 5.41) is 0. The molecule has 134 valence electrons. The van der Waals surface area contributed by atoms with Gasteiger partial charge in [0.15, 0.2) is 5.82 Å². The average Bonchev–Trinajstić information content (AvgIpc) is 2.61. The standard InChI is InChI=1S/C18H26N6O/c1-13-11-16(22-14(2)21-13)24-9-5-15(6-10-24)12-23(3)17-18(25-4)20-8-7-19-17/h7-8,11,15H,5-6,9-10,12H2,1-4H3. The summed E-state index contributed by atoms with van der Waals surface area (Å²) in [5.41, 5.74) is 1.03. The molecule has 0 amide bonds. The van der Waals surface area contributed by atoms with Gasteiger partial charge in [0.25, 0.3) is 5.88 Å². The highest BCUT2D eigenvalue weighted by Crippen LogP contribution is 2.26. The van der Waals surface area contributed by atoms with Crippen molar-refractivity contribution in [3.05, 3.63) is 30.0 Å². The van der Waals surface area contributed by atoms with E-state index in [4.69, 9.17) is 4.74 Å². The number of rotatable bonds is 5. The van der Waals surface area contributed by atoms with Gasteiger partial charge in [-0.25, -0.2) is 19.9 Å². The molecule has 25 heavy (non-hydrogen) atoms. The molecule has 1 aliphatic rings. The lowest BCUT2D eigenvalue weighted by Crippen LogP contribution is -2.38. The van der Waals surface area contributed by atoms with E-state index in [0.717, 1.165) is 55.6 Å². The molecule has 0 bridgehead atoms. The van der Waals surface area contributed by atoms with Crippen LogP contribution in [0.2, 0.25) is 0 Å². The molecule has 7 nitrogen and oxygen atoms in total. The minimum atomic E-state index is 0.578. The summed E-state index contributed by atoms with van der Waals surface area (Å²) in [6.07, 6.45) is 5.63. The molecule has 0 aliphatic carbocycles. The number of aryl methyl sites for hydroxylation is 2. The van der Waals surface area contributed by atoms with Crippen molar-refractivity contribution < 1.29 is 4.74 Å². The lowest BCUT2D eigenvalue weighted by molar-refractivity contribution is 0.386. The van der Waals surface area contributed by atoms with E-state index in [2.05, 4.69) is 42.8 Å². The molecule has 0 spiro atoms. The van der Waals surface area contributed by atoms with Crippen molar-refractivity contribution in [2.24, 2.45) is 5.92 Å². The lowest BCUT2D eigenvalue weighted by atomic mass is 9.96. The fourth-order valence-electron chi connectivity index (χ4n) is 3.40. The summed E-state index contributed by atoms with van der Waals surface area (Å²) in [6.45, 7) is 6.96. The fraction of sp³-hybridized carbons (Fsp3) is 0.556. The van der Waals surface area contributed by atoms with Gasteiger partial charge in [-0.3, -0.25) is 0 Å². The normalized spacial score (nSPS) is 15.3. The highest BCUT2D eigenvalue weighted by molar-refractivity contribution is 5.47. The van der Waals surface area contributed by atoms with Crippen LogP contribution >= 0.6 is 0 Å². The van der Waals surface area contributed by atoms with Crippen LogP contribution in [0.5, 0.6) is 5.88 Å². The molecule has 1 fully saturated rings. The second-order valence-corrected chi connectivity index (χ2v) is 6.61. The summed E-state index contributed by atoms with van der Waals surface area (Å²) in [5.74, 6) is 3.89. The van der Waals surface area contributed by atoms with Gasteiger partial charge in [0, 0.05) is 50.8 Å². The first-order valence-corrected chi connectivity index (χ1v) is 8.70. The Kier molecular flexibility index (Phi) is 5.31. The van der Waals surface area contributed by atoms with Crippen molar-refractivity contribution in [1.29, 1.82) is 0 Å². The first-order chi connectivity index (χ1) is 12.1. The first kappa shape index (κ1) is 17.4. The van der Waals surface area contributed by atoms with Gasteiger partial charge in [-0.1, -0.05) is 0 Å². The zero-order valence-corrected chi connectivity index (χ0v) is 15.4. The molecule has 0 radical (unpaired) electrons. The molecule has 0 atom stereocenters. The Labute approximate surface area is 149 Å². The van der Waals surface area contributed by atoms with Crippen LogP contribution in [0.3, 0.4) is 0 Å². The molecule has 2 aromatic rings. The van der Waals surface area contributed by atoms with Crippen molar-refractivity contribution in [3.8, 4) is 5.88 Å². The Hall–Kier alpha value is -2.44. The Morgan fingerprint density at radius 1 is 1.16 bits per heavy atom. The Morgan fingerprint density at radius 3 is 2.56 bits per heavy atom. The van der Waals surface area contributed by atoms with E-state index in [0.29, 0.717) is 11.8 Å². The Balaban J connectivity index is 1.59. The minimum Gasteiger partial charge on any atom is -0.478 e. The monoisotopic (exact) mass is 342 g/mol. The van der Waals surface area contributed by atoms with E-state index in [1.54, 1.807) is 19.5 Å². The third-order valence-electron chi connectivity index (χ3n) is 4.62. The number of methoxy groups -OCH3 is 1. The number of piperidine rings is 1. The van der Waals surface area contributed by atoms with Crippen LogP contribution in [0.15, 0.2) is 18.5 Å². The number of nitrogens with zero attached hydrogens (tertiary/aromatic N) is 6. The first-order valence-electron chi connectivity index (χ1n) is 8.70. The second kappa shape index (κ2) is 7.63. The van der Waals surface area contributed by atoms with Gasteiger partial charge in [0.05, 0.1) is 7.11 Å². The van der Waals surface area contributed by atoms with E-state index >= 15 is 0 Å². The molecule has 0 N–H and O–H groups in total. The van der Waals surface area contributed by atoms with Crippen LogP contribution in [0.25, 0.3) is 0 Å². The largest absolute Gasteiger partial charge is 0.478 e. The van der Waals surface area contributed by atoms with Crippen molar-refractivity contribution >= 4 is 11.6 Å². The minimum absolute atomic E-state index is 0.578. The molecular formula is C18H26N6O. The van der Waals surface area contributed by atoms with Gasteiger partial charge in [-0.15, -0.1) is 0 Å². The predicted molar refractivity (Wildman–Crippen MR) is 98.3 cm³/mol. The van der Waals surface area contributed by atoms with Crippen LogP contribution in [0.1, 0.15) is 24.4 Å². The van der Waals surface area contributed by atoms with E-state index in [-0.39, 0.29) is 0 Å². The second-order valence-electron chi connectivity index (χ2n) is 6.61. The molecule has 0 saturated carbocycles. The number of hydrogen-bond acceptors (Lipinski definition) is 7. The van der Waals surface area contributed by atoms with Crippen LogP contribution < -0.4 is 14.5 Å². The van der Waals surface area contributed by atoms with Gasteiger partial charge in [-0.05, 0) is 32.6 Å². The zero-order chi connectivity index (χ0) is 17.8. The van der Waals surface area contributed by atoms with Gasteiger partial charge in [0.1, 0.15) is 11.6 Å². The van der Waals surface area contributed by atoms with Crippen LogP contribution in [0.4, 0.5) is 11.6 Å². The SMILES string of the molecule is COc1nccnc1N(C)CC1CCN(c2cc(C)nc(C)n2)CC1. The molecule has 0 unspecified atom stereocenters. The molecule has 1 aliphatic heterocycles. The van der Waals surface area contributed by atoms with Gasteiger partial charge in [0.2, 0.25) is 0 Å². The maximum atomic E-state index is 5.32. The predicted octanol–water partition coefficient (Wildman–Crippen LogP) is 2.24. The summed E-state index contributed by atoms with van der Waals surface area (Å²) < 4.78 is 5.32. The van der Waals surface area contributed by atoms with E-state index < -0.39 is 0 Å². The van der Waals surface area contributed by atoms with Gasteiger partial charge in [-0.2, -0.15) is 0 Å². The molecule has 1 saturated heterocycles. The van der Waals surface area contributed by atoms with Crippen LogP contribution in [-0.2, 0) is 0 Å². The molecular weight excluding hydrogens is 316 g/mol.